The highest BCUT2D eigenvalue weighted by Gasteiger charge is 2.24. The Morgan fingerprint density at radius 1 is 0.800 bits per heavy atom. The first-order valence-electron chi connectivity index (χ1n) is 8.45. The molecule has 3 aromatic rings. The van der Waals surface area contributed by atoms with Crippen LogP contribution in [-0.2, 0) is 0 Å². The Morgan fingerprint density at radius 2 is 1.48 bits per heavy atom. The van der Waals surface area contributed by atoms with Gasteiger partial charge in [0.2, 0.25) is 5.78 Å². The standard InChI is InChI=1S/C23H22O2/c1-16-12-14-19(15-13-16)22(24)23(20-9-5-4-6-10-20)25-21-11-7-8-17(2)18(21)3/h4-15,23H,1-3H3. The number of ether oxygens (including phenoxy) is 1. The van der Waals surface area contributed by atoms with Gasteiger partial charge in [-0.3, -0.25) is 4.79 Å². The van der Waals surface area contributed by atoms with E-state index < -0.39 is 6.10 Å². The molecule has 1 unspecified atom stereocenters. The zero-order valence-electron chi connectivity index (χ0n) is 14.8. The number of carbonyl (C=O) groups excluding carboxylic acids is 1. The number of Topliss-reactive ketones (excluding diaryl/α,β-unsaturated/α-hetero) is 1. The third-order valence-corrected chi connectivity index (χ3v) is 4.48. The maximum Gasteiger partial charge on any atom is 0.207 e. The van der Waals surface area contributed by atoms with Gasteiger partial charge in [-0.05, 0) is 38.0 Å². The van der Waals surface area contributed by atoms with E-state index in [0.29, 0.717) is 5.56 Å². The van der Waals surface area contributed by atoms with Crippen LogP contribution in [0.25, 0.3) is 0 Å². The molecule has 0 saturated carbocycles. The van der Waals surface area contributed by atoms with Crippen molar-refractivity contribution in [1.29, 1.82) is 0 Å². The topological polar surface area (TPSA) is 26.3 Å². The van der Waals surface area contributed by atoms with Crippen molar-refractivity contribution >= 4 is 5.78 Å². The molecule has 0 aliphatic heterocycles. The van der Waals surface area contributed by atoms with Gasteiger partial charge in [-0.1, -0.05) is 72.3 Å². The minimum Gasteiger partial charge on any atom is -0.477 e. The van der Waals surface area contributed by atoms with E-state index in [1.807, 2.05) is 93.6 Å². The molecular formula is C23H22O2. The summed E-state index contributed by atoms with van der Waals surface area (Å²) in [5.74, 6) is 0.710. The van der Waals surface area contributed by atoms with Crippen molar-refractivity contribution in [3.05, 3.63) is 101 Å². The van der Waals surface area contributed by atoms with E-state index >= 15 is 0 Å². The predicted octanol–water partition coefficient (Wildman–Crippen LogP) is 5.61. The van der Waals surface area contributed by atoms with Crippen LogP contribution in [-0.4, -0.2) is 5.78 Å². The minimum absolute atomic E-state index is 0.0351. The van der Waals surface area contributed by atoms with Crippen LogP contribution < -0.4 is 4.74 Å². The molecule has 2 heteroatoms. The molecule has 0 amide bonds. The summed E-state index contributed by atoms with van der Waals surface area (Å²) in [7, 11) is 0. The van der Waals surface area contributed by atoms with Gasteiger partial charge in [-0.25, -0.2) is 0 Å². The molecule has 0 N–H and O–H groups in total. The molecular weight excluding hydrogens is 308 g/mol. The summed E-state index contributed by atoms with van der Waals surface area (Å²) < 4.78 is 6.21. The lowest BCUT2D eigenvalue weighted by atomic mass is 9.98. The van der Waals surface area contributed by atoms with Gasteiger partial charge in [-0.2, -0.15) is 0 Å². The Labute approximate surface area is 149 Å². The van der Waals surface area contributed by atoms with Crippen LogP contribution in [0, 0.1) is 20.8 Å². The first kappa shape index (κ1) is 17.0. The molecule has 3 rings (SSSR count). The van der Waals surface area contributed by atoms with Crippen molar-refractivity contribution in [2.45, 2.75) is 26.9 Å². The van der Waals surface area contributed by atoms with Crippen molar-refractivity contribution in [3.63, 3.8) is 0 Å². The van der Waals surface area contributed by atoms with Crippen molar-refractivity contribution in [2.24, 2.45) is 0 Å². The molecule has 126 valence electrons. The highest BCUT2D eigenvalue weighted by molar-refractivity contribution is 6.00. The summed E-state index contributed by atoms with van der Waals surface area (Å²) in [5.41, 5.74) is 4.84. The quantitative estimate of drug-likeness (QED) is 0.568. The van der Waals surface area contributed by atoms with E-state index in [4.69, 9.17) is 4.74 Å². The molecule has 25 heavy (non-hydrogen) atoms. The number of rotatable bonds is 5. The number of ketones is 1. The van der Waals surface area contributed by atoms with Gasteiger partial charge in [0.1, 0.15) is 5.75 Å². The van der Waals surface area contributed by atoms with Gasteiger partial charge >= 0.3 is 0 Å². The molecule has 0 spiro atoms. The van der Waals surface area contributed by atoms with Crippen LogP contribution in [0.4, 0.5) is 0 Å². The Hall–Kier alpha value is -2.87. The molecule has 0 saturated heterocycles. The molecule has 0 heterocycles. The summed E-state index contributed by atoms with van der Waals surface area (Å²) in [4.78, 5) is 13.1. The van der Waals surface area contributed by atoms with E-state index in [2.05, 4.69) is 0 Å². The average Bonchev–Trinajstić information content (AvgIpc) is 2.64. The van der Waals surface area contributed by atoms with Crippen LogP contribution in [0.1, 0.15) is 38.7 Å². The molecule has 0 fully saturated rings. The highest BCUT2D eigenvalue weighted by atomic mass is 16.5. The van der Waals surface area contributed by atoms with Gasteiger partial charge in [-0.15, -0.1) is 0 Å². The van der Waals surface area contributed by atoms with Gasteiger partial charge in [0.05, 0.1) is 0 Å². The summed E-state index contributed by atoms with van der Waals surface area (Å²) in [6.07, 6.45) is -0.663. The van der Waals surface area contributed by atoms with Crippen molar-refractivity contribution in [2.75, 3.05) is 0 Å². The first-order chi connectivity index (χ1) is 12.1. The second kappa shape index (κ2) is 7.35. The molecule has 3 aromatic carbocycles. The zero-order chi connectivity index (χ0) is 17.8. The zero-order valence-corrected chi connectivity index (χ0v) is 14.8. The van der Waals surface area contributed by atoms with Gasteiger partial charge in [0, 0.05) is 11.1 Å². The monoisotopic (exact) mass is 330 g/mol. The highest BCUT2D eigenvalue weighted by Crippen LogP contribution is 2.29. The summed E-state index contributed by atoms with van der Waals surface area (Å²) in [6, 6.07) is 23.2. The van der Waals surface area contributed by atoms with E-state index in [9.17, 15) is 4.79 Å². The number of hydrogen-bond acceptors (Lipinski definition) is 2. The lowest BCUT2D eigenvalue weighted by Gasteiger charge is -2.20. The molecule has 0 aliphatic rings. The number of benzene rings is 3. The largest absolute Gasteiger partial charge is 0.477 e. The number of carbonyl (C=O) groups is 1. The SMILES string of the molecule is Cc1ccc(C(=O)C(Oc2cccc(C)c2C)c2ccccc2)cc1. The van der Waals surface area contributed by atoms with E-state index in [-0.39, 0.29) is 5.78 Å². The van der Waals surface area contributed by atoms with Gasteiger partial charge in [0.15, 0.2) is 6.10 Å². The van der Waals surface area contributed by atoms with Gasteiger partial charge < -0.3 is 4.74 Å². The molecule has 0 bridgehead atoms. The fourth-order valence-electron chi connectivity index (χ4n) is 2.75. The maximum atomic E-state index is 13.1. The average molecular weight is 330 g/mol. The second-order valence-electron chi connectivity index (χ2n) is 6.34. The van der Waals surface area contributed by atoms with Crippen molar-refractivity contribution < 1.29 is 9.53 Å². The summed E-state index contributed by atoms with van der Waals surface area (Å²) >= 11 is 0. The fraction of sp³-hybridized carbons (Fsp3) is 0.174. The molecule has 0 aromatic heterocycles. The van der Waals surface area contributed by atoms with E-state index in [1.165, 1.54) is 0 Å². The molecule has 2 nitrogen and oxygen atoms in total. The van der Waals surface area contributed by atoms with Crippen LogP contribution in [0.15, 0.2) is 72.8 Å². The smallest absolute Gasteiger partial charge is 0.207 e. The Bertz CT molecular complexity index is 864. The van der Waals surface area contributed by atoms with E-state index in [0.717, 1.165) is 28.0 Å². The molecule has 0 aliphatic carbocycles. The number of hydrogen-bond donors (Lipinski definition) is 0. The van der Waals surface area contributed by atoms with Crippen LogP contribution >= 0.6 is 0 Å². The lowest BCUT2D eigenvalue weighted by Crippen LogP contribution is -2.19. The van der Waals surface area contributed by atoms with Crippen LogP contribution in [0.2, 0.25) is 0 Å². The van der Waals surface area contributed by atoms with E-state index in [1.54, 1.807) is 0 Å². The summed E-state index contributed by atoms with van der Waals surface area (Å²) in [5, 5.41) is 0. The maximum absolute atomic E-state index is 13.1. The van der Waals surface area contributed by atoms with Crippen LogP contribution in [0.3, 0.4) is 0 Å². The Balaban J connectivity index is 1.99. The Kier molecular flexibility index (Phi) is 4.99. The normalized spacial score (nSPS) is 11.8. The van der Waals surface area contributed by atoms with Crippen molar-refractivity contribution in [3.8, 4) is 5.75 Å². The lowest BCUT2D eigenvalue weighted by molar-refractivity contribution is 0.0791. The van der Waals surface area contributed by atoms with Crippen molar-refractivity contribution in [1.82, 2.24) is 0 Å². The Morgan fingerprint density at radius 3 is 2.16 bits per heavy atom. The first-order valence-corrected chi connectivity index (χ1v) is 8.45. The third kappa shape index (κ3) is 3.80. The fourth-order valence-corrected chi connectivity index (χ4v) is 2.75. The molecule has 0 radical (unpaired) electrons. The van der Waals surface area contributed by atoms with Gasteiger partial charge in [0.25, 0.3) is 0 Å². The predicted molar refractivity (Wildman–Crippen MR) is 101 cm³/mol. The van der Waals surface area contributed by atoms with Crippen LogP contribution in [0.5, 0.6) is 5.75 Å². The summed E-state index contributed by atoms with van der Waals surface area (Å²) in [6.45, 7) is 6.07. The molecule has 1 atom stereocenters. The third-order valence-electron chi connectivity index (χ3n) is 4.48. The number of aryl methyl sites for hydroxylation is 2. The second-order valence-corrected chi connectivity index (χ2v) is 6.34. The minimum atomic E-state index is -0.663.